The van der Waals surface area contributed by atoms with Crippen molar-refractivity contribution in [3.63, 3.8) is 0 Å². The zero-order valence-corrected chi connectivity index (χ0v) is 13.9. The molecule has 0 radical (unpaired) electrons. The number of hydrogen-bond donors (Lipinski definition) is 1. The van der Waals surface area contributed by atoms with Crippen molar-refractivity contribution >= 4 is 28.6 Å². The lowest BCUT2D eigenvalue weighted by Crippen LogP contribution is -2.11. The second kappa shape index (κ2) is 7.09. The molecule has 3 rings (SSSR count). The van der Waals surface area contributed by atoms with Crippen molar-refractivity contribution < 1.29 is 4.79 Å². The molecule has 0 aliphatic heterocycles. The van der Waals surface area contributed by atoms with Crippen LogP contribution in [0.4, 0.5) is 5.69 Å². The van der Waals surface area contributed by atoms with Gasteiger partial charge in [-0.15, -0.1) is 0 Å². The molecule has 2 aromatic carbocycles. The number of nitrogens with zero attached hydrogens (tertiary/aromatic N) is 1. The van der Waals surface area contributed by atoms with E-state index in [4.69, 9.17) is 0 Å². The Kier molecular flexibility index (Phi) is 4.71. The van der Waals surface area contributed by atoms with E-state index < -0.39 is 0 Å². The molecule has 1 amide bonds. The maximum atomic E-state index is 12.2. The van der Waals surface area contributed by atoms with Gasteiger partial charge in [-0.25, -0.2) is 4.98 Å². The summed E-state index contributed by atoms with van der Waals surface area (Å²) in [7, 11) is 0. The summed E-state index contributed by atoms with van der Waals surface area (Å²) >= 11 is 0. The number of hydrogen-bond acceptors (Lipinski definition) is 2. The zero-order chi connectivity index (χ0) is 16.9. The number of para-hydroxylation sites is 2. The van der Waals surface area contributed by atoms with Crippen molar-refractivity contribution in [3.05, 3.63) is 77.5 Å². The van der Waals surface area contributed by atoms with E-state index >= 15 is 0 Å². The van der Waals surface area contributed by atoms with Crippen molar-refractivity contribution in [2.24, 2.45) is 0 Å². The Hall–Kier alpha value is -2.94. The van der Waals surface area contributed by atoms with Gasteiger partial charge in [0.15, 0.2) is 0 Å². The van der Waals surface area contributed by atoms with Crippen LogP contribution in [0.1, 0.15) is 23.7 Å². The minimum Gasteiger partial charge on any atom is -0.322 e. The molecular formula is C21H20N2O. The third-order valence-corrected chi connectivity index (χ3v) is 4.01. The number of rotatable bonds is 4. The van der Waals surface area contributed by atoms with Gasteiger partial charge >= 0.3 is 0 Å². The summed E-state index contributed by atoms with van der Waals surface area (Å²) in [5.41, 5.74) is 4.80. The fraction of sp³-hybridized carbons (Fsp3) is 0.143. The molecule has 1 N–H and O–H groups in total. The second-order valence-corrected chi connectivity index (χ2v) is 5.71. The van der Waals surface area contributed by atoms with Crippen molar-refractivity contribution in [2.45, 2.75) is 20.3 Å². The van der Waals surface area contributed by atoms with Crippen LogP contribution in [0.15, 0.2) is 60.7 Å². The van der Waals surface area contributed by atoms with Crippen LogP contribution in [0.5, 0.6) is 0 Å². The van der Waals surface area contributed by atoms with Crippen LogP contribution < -0.4 is 5.32 Å². The van der Waals surface area contributed by atoms with Gasteiger partial charge in [-0.2, -0.15) is 0 Å². The van der Waals surface area contributed by atoms with E-state index in [1.165, 1.54) is 6.08 Å². The lowest BCUT2D eigenvalue weighted by atomic mass is 10.1. The molecule has 3 aromatic rings. The molecule has 3 heteroatoms. The van der Waals surface area contributed by atoms with Crippen LogP contribution in [0.2, 0.25) is 0 Å². The Bertz CT molecular complexity index is 913. The predicted octanol–water partition coefficient (Wildman–Crippen LogP) is 4.76. The standard InChI is InChI=1S/C21H20N2O/c1-3-16-9-6-7-15(2)21(16)23-20(24)14-13-18-12-11-17-8-4-5-10-19(17)22-18/h4-14H,3H2,1-2H3,(H,23,24). The predicted molar refractivity (Wildman–Crippen MR) is 100.0 cm³/mol. The smallest absolute Gasteiger partial charge is 0.248 e. The number of pyridine rings is 1. The van der Waals surface area contributed by atoms with Gasteiger partial charge < -0.3 is 5.32 Å². The Balaban J connectivity index is 1.77. The first kappa shape index (κ1) is 15.9. The summed E-state index contributed by atoms with van der Waals surface area (Å²) in [6, 6.07) is 17.9. The van der Waals surface area contributed by atoms with Gasteiger partial charge in [0.05, 0.1) is 11.2 Å². The second-order valence-electron chi connectivity index (χ2n) is 5.71. The minimum absolute atomic E-state index is 0.144. The highest BCUT2D eigenvalue weighted by atomic mass is 16.1. The third-order valence-electron chi connectivity index (χ3n) is 4.01. The van der Waals surface area contributed by atoms with Crippen LogP contribution in [0.25, 0.3) is 17.0 Å². The first-order chi connectivity index (χ1) is 11.7. The van der Waals surface area contributed by atoms with Gasteiger partial charge in [-0.1, -0.05) is 49.4 Å². The average Bonchev–Trinajstić information content (AvgIpc) is 2.61. The summed E-state index contributed by atoms with van der Waals surface area (Å²) in [6.07, 6.45) is 4.15. The maximum absolute atomic E-state index is 12.2. The van der Waals surface area contributed by atoms with Gasteiger partial charge in [0.25, 0.3) is 0 Å². The van der Waals surface area contributed by atoms with E-state index in [0.29, 0.717) is 0 Å². The number of benzene rings is 2. The largest absolute Gasteiger partial charge is 0.322 e. The third kappa shape index (κ3) is 3.51. The number of carbonyl (C=O) groups excluding carboxylic acids is 1. The summed E-state index contributed by atoms with van der Waals surface area (Å²) in [4.78, 5) is 16.8. The Labute approximate surface area is 142 Å². The molecule has 24 heavy (non-hydrogen) atoms. The molecule has 0 bridgehead atoms. The molecule has 1 aromatic heterocycles. The normalized spacial score (nSPS) is 11.1. The lowest BCUT2D eigenvalue weighted by molar-refractivity contribution is -0.111. The van der Waals surface area contributed by atoms with Crippen molar-refractivity contribution in [3.8, 4) is 0 Å². The highest BCUT2D eigenvalue weighted by Gasteiger charge is 2.06. The molecule has 1 heterocycles. The maximum Gasteiger partial charge on any atom is 0.248 e. The molecule has 0 saturated carbocycles. The number of carbonyl (C=O) groups is 1. The van der Waals surface area contributed by atoms with Gasteiger partial charge in [0.1, 0.15) is 0 Å². The highest BCUT2D eigenvalue weighted by Crippen LogP contribution is 2.21. The molecule has 0 fully saturated rings. The van der Waals surface area contributed by atoms with E-state index in [2.05, 4.69) is 17.2 Å². The summed E-state index contributed by atoms with van der Waals surface area (Å²) in [5, 5.41) is 4.07. The lowest BCUT2D eigenvalue weighted by Gasteiger charge is -2.11. The van der Waals surface area contributed by atoms with E-state index in [0.717, 1.165) is 39.8 Å². The fourth-order valence-corrected chi connectivity index (χ4v) is 2.70. The van der Waals surface area contributed by atoms with Crippen molar-refractivity contribution in [2.75, 3.05) is 5.32 Å². The molecule has 0 aliphatic rings. The Morgan fingerprint density at radius 1 is 1.08 bits per heavy atom. The van der Waals surface area contributed by atoms with Crippen molar-refractivity contribution in [1.29, 1.82) is 0 Å². The molecule has 0 atom stereocenters. The number of fused-ring (bicyclic) bond motifs is 1. The van der Waals surface area contributed by atoms with Crippen LogP contribution in [0, 0.1) is 6.92 Å². The van der Waals surface area contributed by atoms with Gasteiger partial charge in [0.2, 0.25) is 5.91 Å². The van der Waals surface area contributed by atoms with Crippen LogP contribution >= 0.6 is 0 Å². The molecule has 0 spiro atoms. The number of aryl methyl sites for hydroxylation is 2. The fourth-order valence-electron chi connectivity index (χ4n) is 2.70. The quantitative estimate of drug-likeness (QED) is 0.705. The number of amides is 1. The molecule has 120 valence electrons. The van der Waals surface area contributed by atoms with Gasteiger partial charge in [0, 0.05) is 17.1 Å². The molecule has 0 saturated heterocycles. The summed E-state index contributed by atoms with van der Waals surface area (Å²) in [6.45, 7) is 4.09. The van der Waals surface area contributed by atoms with Crippen LogP contribution in [-0.4, -0.2) is 10.9 Å². The van der Waals surface area contributed by atoms with Gasteiger partial charge in [-0.05, 0) is 42.7 Å². The molecular weight excluding hydrogens is 296 g/mol. The molecule has 3 nitrogen and oxygen atoms in total. The van der Waals surface area contributed by atoms with Crippen LogP contribution in [-0.2, 0) is 11.2 Å². The Morgan fingerprint density at radius 3 is 2.75 bits per heavy atom. The van der Waals surface area contributed by atoms with Crippen molar-refractivity contribution in [1.82, 2.24) is 4.98 Å². The number of anilines is 1. The topological polar surface area (TPSA) is 42.0 Å². The summed E-state index contributed by atoms with van der Waals surface area (Å²) in [5.74, 6) is -0.144. The van der Waals surface area contributed by atoms with E-state index in [1.54, 1.807) is 6.08 Å². The van der Waals surface area contributed by atoms with Crippen LogP contribution in [0.3, 0.4) is 0 Å². The number of aromatic nitrogens is 1. The average molecular weight is 316 g/mol. The van der Waals surface area contributed by atoms with Gasteiger partial charge in [-0.3, -0.25) is 4.79 Å². The SMILES string of the molecule is CCc1cccc(C)c1NC(=O)C=Cc1ccc2ccccc2n1. The molecule has 0 aliphatic carbocycles. The summed E-state index contributed by atoms with van der Waals surface area (Å²) < 4.78 is 0. The minimum atomic E-state index is -0.144. The highest BCUT2D eigenvalue weighted by molar-refractivity contribution is 6.02. The number of nitrogens with one attached hydrogen (secondary N) is 1. The monoisotopic (exact) mass is 316 g/mol. The zero-order valence-electron chi connectivity index (χ0n) is 13.9. The van der Waals surface area contributed by atoms with E-state index in [1.807, 2.05) is 61.5 Å². The molecule has 0 unspecified atom stereocenters. The first-order valence-corrected chi connectivity index (χ1v) is 8.10. The Morgan fingerprint density at radius 2 is 1.92 bits per heavy atom. The van der Waals surface area contributed by atoms with E-state index in [-0.39, 0.29) is 5.91 Å². The van der Waals surface area contributed by atoms with E-state index in [9.17, 15) is 4.79 Å². The first-order valence-electron chi connectivity index (χ1n) is 8.10.